The number of rotatable bonds is 10. The second-order valence-electron chi connectivity index (χ2n) is 8.78. The van der Waals surface area contributed by atoms with Crippen LogP contribution in [-0.2, 0) is 19.2 Å². The molecule has 0 saturated carbocycles. The van der Waals surface area contributed by atoms with Crippen LogP contribution in [0, 0.1) is 22.7 Å². The molecule has 11 heteroatoms. The molecule has 35 heavy (non-hydrogen) atoms. The zero-order chi connectivity index (χ0) is 26.1. The second kappa shape index (κ2) is 14.5. The minimum atomic E-state index is -1.20. The summed E-state index contributed by atoms with van der Waals surface area (Å²) in [5.74, 6) is -2.37. The molecular formula is C24H36CaN4O6+2. The van der Waals surface area contributed by atoms with Crippen LogP contribution in [0.4, 0.5) is 9.59 Å². The third-order valence-electron chi connectivity index (χ3n) is 6.59. The molecule has 2 saturated heterocycles. The summed E-state index contributed by atoms with van der Waals surface area (Å²) in [5.41, 5.74) is -2.41. The van der Waals surface area contributed by atoms with Crippen LogP contribution >= 0.6 is 0 Å². The van der Waals surface area contributed by atoms with E-state index in [0.29, 0.717) is 0 Å². The Labute approximate surface area is 236 Å². The van der Waals surface area contributed by atoms with Crippen molar-refractivity contribution in [3.8, 4) is 0 Å². The van der Waals surface area contributed by atoms with E-state index in [2.05, 4.69) is 34.4 Å². The molecule has 2 fully saturated rings. The molecule has 4 N–H and O–H groups in total. The van der Waals surface area contributed by atoms with E-state index in [-0.39, 0.29) is 62.4 Å². The second-order valence-corrected chi connectivity index (χ2v) is 8.78. The van der Waals surface area contributed by atoms with Gasteiger partial charge in [0.05, 0.1) is 0 Å². The molecule has 2 unspecified atom stereocenters. The monoisotopic (exact) mass is 516 g/mol. The predicted molar refractivity (Wildman–Crippen MR) is 132 cm³/mol. The van der Waals surface area contributed by atoms with E-state index < -0.39 is 46.5 Å². The Kier molecular flexibility index (Phi) is 13.7. The van der Waals surface area contributed by atoms with Gasteiger partial charge in [-0.1, -0.05) is 52.7 Å². The molecular weight excluding hydrogens is 480 g/mol. The Bertz CT molecular complexity index is 762. The van der Waals surface area contributed by atoms with Crippen molar-refractivity contribution in [2.45, 2.75) is 66.2 Å². The zero-order valence-corrected chi connectivity index (χ0v) is 23.3. The third-order valence-corrected chi connectivity index (χ3v) is 6.59. The van der Waals surface area contributed by atoms with Crippen LogP contribution in [0.1, 0.15) is 66.2 Å². The predicted octanol–water partition coefficient (Wildman–Crippen LogP) is 2.32. The number of amides is 8. The van der Waals surface area contributed by atoms with Gasteiger partial charge in [0.2, 0.25) is 23.6 Å². The summed E-state index contributed by atoms with van der Waals surface area (Å²) < 4.78 is 0. The van der Waals surface area contributed by atoms with Crippen LogP contribution in [0.5, 0.6) is 0 Å². The van der Waals surface area contributed by atoms with Crippen molar-refractivity contribution in [2.24, 2.45) is 22.7 Å². The number of allylic oxidation sites excluding steroid dienone is 2. The summed E-state index contributed by atoms with van der Waals surface area (Å²) in [6.07, 6.45) is 6.77. The van der Waals surface area contributed by atoms with Gasteiger partial charge in [-0.05, 0) is 37.5 Å². The first-order valence-corrected chi connectivity index (χ1v) is 11.5. The standard InChI is InChI=1S/2C12H18N2O3.Ca/c2*1-4-6-8(3)12(7-5-2)9(15)13-11(17)14-10(12)16;/h2*5,8H,2,4,6-7H2,1,3H3,(H2,13,14,15,16,17);/q;;+2. The van der Waals surface area contributed by atoms with Crippen LogP contribution in [0.15, 0.2) is 25.3 Å². The van der Waals surface area contributed by atoms with Crippen LogP contribution in [-0.4, -0.2) is 73.4 Å². The van der Waals surface area contributed by atoms with E-state index in [1.165, 1.54) is 0 Å². The van der Waals surface area contributed by atoms with Crippen molar-refractivity contribution in [1.82, 2.24) is 21.3 Å². The normalized spacial score (nSPS) is 19.9. The van der Waals surface area contributed by atoms with Crippen LogP contribution < -0.4 is 21.3 Å². The number of carbonyl (C=O) groups excluding carboxylic acids is 6. The molecule has 0 spiro atoms. The molecule has 0 aromatic rings. The summed E-state index contributed by atoms with van der Waals surface area (Å²) in [6.45, 7) is 14.8. The number of hydrogen-bond donors (Lipinski definition) is 4. The minimum Gasteiger partial charge on any atom is -0.277 e. The fraction of sp³-hybridized carbons (Fsp3) is 0.583. The third kappa shape index (κ3) is 7.01. The van der Waals surface area contributed by atoms with Gasteiger partial charge in [0.1, 0.15) is 10.8 Å². The van der Waals surface area contributed by atoms with Gasteiger partial charge in [-0.2, -0.15) is 0 Å². The molecule has 2 atom stereocenters. The van der Waals surface area contributed by atoms with E-state index in [1.807, 2.05) is 27.7 Å². The topological polar surface area (TPSA) is 151 Å². The van der Waals surface area contributed by atoms with Gasteiger partial charge in [-0.25, -0.2) is 9.59 Å². The molecule has 0 aliphatic carbocycles. The average Bonchev–Trinajstić information content (AvgIpc) is 2.74. The maximum Gasteiger partial charge on any atom is 2.00 e. The van der Waals surface area contributed by atoms with E-state index in [9.17, 15) is 28.8 Å². The summed E-state index contributed by atoms with van der Waals surface area (Å²) in [5, 5.41) is 8.67. The number of imide groups is 4. The maximum absolute atomic E-state index is 12.0. The molecule has 0 radical (unpaired) electrons. The molecule has 0 aromatic carbocycles. The molecule has 8 amide bonds. The van der Waals surface area contributed by atoms with Gasteiger partial charge in [0, 0.05) is 0 Å². The Balaban J connectivity index is 0.000000642. The van der Waals surface area contributed by atoms with Crippen LogP contribution in [0.3, 0.4) is 0 Å². The molecule has 10 nitrogen and oxygen atoms in total. The average molecular weight is 517 g/mol. The molecule has 0 bridgehead atoms. The van der Waals surface area contributed by atoms with Crippen LogP contribution in [0.25, 0.3) is 0 Å². The SMILES string of the molecule is C=CCC1(C(C)CCC)C(=O)NC(=O)NC1=O.C=CCC1(C(C)CCC)C(=O)NC(=O)NC1=O.[Ca+2]. The van der Waals surface area contributed by atoms with E-state index in [4.69, 9.17) is 0 Å². The largest absolute Gasteiger partial charge is 2.00 e. The van der Waals surface area contributed by atoms with Gasteiger partial charge < -0.3 is 0 Å². The van der Waals surface area contributed by atoms with Crippen molar-refractivity contribution in [2.75, 3.05) is 0 Å². The molecule has 2 rings (SSSR count). The van der Waals surface area contributed by atoms with Crippen molar-refractivity contribution in [1.29, 1.82) is 0 Å². The number of barbiturate groups is 2. The molecule has 2 aliphatic rings. The summed E-state index contributed by atoms with van der Waals surface area (Å²) in [6, 6.07) is -1.49. The Morgan fingerprint density at radius 2 is 0.914 bits per heavy atom. The van der Waals surface area contributed by atoms with Crippen molar-refractivity contribution < 1.29 is 28.8 Å². The molecule has 188 valence electrons. The minimum absolute atomic E-state index is 0. The van der Waals surface area contributed by atoms with Crippen LogP contribution in [0.2, 0.25) is 0 Å². The van der Waals surface area contributed by atoms with E-state index in [0.717, 1.165) is 25.7 Å². The number of urea groups is 2. The maximum atomic E-state index is 12.0. The summed E-state index contributed by atoms with van der Waals surface area (Å²) in [4.78, 5) is 70.1. The molecule has 2 heterocycles. The summed E-state index contributed by atoms with van der Waals surface area (Å²) >= 11 is 0. The van der Waals surface area contributed by atoms with Crippen molar-refractivity contribution >= 4 is 73.4 Å². The number of nitrogens with one attached hydrogen (secondary N) is 4. The first kappa shape index (κ1) is 33.0. The Morgan fingerprint density at radius 1 is 0.657 bits per heavy atom. The van der Waals surface area contributed by atoms with Gasteiger partial charge in [-0.15, -0.1) is 13.2 Å². The smallest absolute Gasteiger partial charge is 0.277 e. The Hall–Kier alpha value is -2.04. The first-order chi connectivity index (χ1) is 16.0. The number of hydrogen-bond acceptors (Lipinski definition) is 6. The van der Waals surface area contributed by atoms with E-state index in [1.54, 1.807) is 12.2 Å². The van der Waals surface area contributed by atoms with Crippen molar-refractivity contribution in [3.05, 3.63) is 25.3 Å². The number of carbonyl (C=O) groups is 6. The fourth-order valence-corrected chi connectivity index (χ4v) is 4.61. The van der Waals surface area contributed by atoms with Crippen molar-refractivity contribution in [3.63, 3.8) is 0 Å². The van der Waals surface area contributed by atoms with E-state index >= 15 is 0 Å². The van der Waals surface area contributed by atoms with Gasteiger partial charge in [0.15, 0.2) is 0 Å². The zero-order valence-electron chi connectivity index (χ0n) is 21.1. The van der Waals surface area contributed by atoms with Gasteiger partial charge in [0.25, 0.3) is 0 Å². The first-order valence-electron chi connectivity index (χ1n) is 11.5. The van der Waals surface area contributed by atoms with Gasteiger partial charge in [-0.3, -0.25) is 40.4 Å². The van der Waals surface area contributed by atoms with Gasteiger partial charge >= 0.3 is 49.8 Å². The quantitative estimate of drug-likeness (QED) is 0.199. The summed E-state index contributed by atoms with van der Waals surface area (Å²) in [7, 11) is 0. The molecule has 2 aliphatic heterocycles. The fourth-order valence-electron chi connectivity index (χ4n) is 4.61. The molecule has 0 aromatic heterocycles. The Morgan fingerprint density at radius 3 is 1.11 bits per heavy atom.